The fourth-order valence-electron chi connectivity index (χ4n) is 4.98. The smallest absolute Gasteiger partial charge is 0.147 e. The van der Waals surface area contributed by atoms with Gasteiger partial charge in [0.15, 0.2) is 0 Å². The number of hydrogen-bond acceptors (Lipinski definition) is 6. The summed E-state index contributed by atoms with van der Waals surface area (Å²) in [5, 5.41) is 8.97. The van der Waals surface area contributed by atoms with Crippen LogP contribution in [-0.2, 0) is 19.5 Å². The van der Waals surface area contributed by atoms with Gasteiger partial charge < -0.3 is 9.47 Å². The molecule has 2 saturated heterocycles. The molecule has 0 amide bonds. The predicted molar refractivity (Wildman–Crippen MR) is 98.8 cm³/mol. The standard InChI is InChI=1S/C19H27N7/c1-14-7-20-13-21-19(14)25-10-15-8-24(9-16(15)11-25)12-18-23-22-17-5-3-2-4-6-26(17)18/h7,13,15-16H,2-6,8-12H2,1H3. The molecule has 7 nitrogen and oxygen atoms in total. The summed E-state index contributed by atoms with van der Waals surface area (Å²) in [6.07, 6.45) is 8.50. The second-order valence-corrected chi connectivity index (χ2v) is 8.14. The third kappa shape index (κ3) is 2.88. The lowest BCUT2D eigenvalue weighted by molar-refractivity contribution is 0.295. The zero-order valence-electron chi connectivity index (χ0n) is 15.5. The summed E-state index contributed by atoms with van der Waals surface area (Å²) < 4.78 is 2.39. The van der Waals surface area contributed by atoms with E-state index in [0.717, 1.165) is 63.3 Å². The highest BCUT2D eigenvalue weighted by Gasteiger charge is 2.41. The molecule has 2 aromatic heterocycles. The molecule has 5 rings (SSSR count). The van der Waals surface area contributed by atoms with Crippen LogP contribution in [0.25, 0.3) is 0 Å². The minimum absolute atomic E-state index is 0.732. The SMILES string of the molecule is Cc1cncnc1N1CC2CN(Cc3nnc4n3CCCCC4)CC2C1. The number of aromatic nitrogens is 5. The van der Waals surface area contributed by atoms with Crippen molar-refractivity contribution in [3.63, 3.8) is 0 Å². The molecule has 7 heteroatoms. The summed E-state index contributed by atoms with van der Waals surface area (Å²) in [6, 6.07) is 0. The first-order valence-corrected chi connectivity index (χ1v) is 9.93. The number of nitrogens with zero attached hydrogens (tertiary/aromatic N) is 7. The molecule has 0 radical (unpaired) electrons. The average molecular weight is 353 g/mol. The van der Waals surface area contributed by atoms with E-state index in [0.29, 0.717) is 0 Å². The summed E-state index contributed by atoms with van der Waals surface area (Å²) in [4.78, 5) is 13.7. The van der Waals surface area contributed by atoms with Crippen LogP contribution in [0.2, 0.25) is 0 Å². The fraction of sp³-hybridized carbons (Fsp3) is 0.684. The van der Waals surface area contributed by atoms with Gasteiger partial charge in [0.05, 0.1) is 6.54 Å². The molecule has 0 spiro atoms. The monoisotopic (exact) mass is 353 g/mol. The van der Waals surface area contributed by atoms with Gasteiger partial charge in [0.1, 0.15) is 23.8 Å². The molecule has 3 aliphatic rings. The van der Waals surface area contributed by atoms with Gasteiger partial charge in [-0.1, -0.05) is 6.42 Å². The van der Waals surface area contributed by atoms with E-state index < -0.39 is 0 Å². The molecule has 0 saturated carbocycles. The zero-order chi connectivity index (χ0) is 17.5. The fourth-order valence-corrected chi connectivity index (χ4v) is 4.98. The van der Waals surface area contributed by atoms with E-state index in [1.165, 1.54) is 36.5 Å². The highest BCUT2D eigenvalue weighted by molar-refractivity contribution is 5.46. The van der Waals surface area contributed by atoms with Crippen LogP contribution in [-0.4, -0.2) is 55.8 Å². The lowest BCUT2D eigenvalue weighted by Crippen LogP contribution is -2.30. The second kappa shape index (κ2) is 6.61. The highest BCUT2D eigenvalue weighted by atomic mass is 15.3. The predicted octanol–water partition coefficient (Wildman–Crippen LogP) is 1.67. The molecule has 2 unspecified atom stereocenters. The van der Waals surface area contributed by atoms with Crippen molar-refractivity contribution < 1.29 is 0 Å². The van der Waals surface area contributed by atoms with Crippen LogP contribution in [0.1, 0.15) is 36.5 Å². The molecule has 138 valence electrons. The lowest BCUT2D eigenvalue weighted by atomic mass is 10.0. The van der Waals surface area contributed by atoms with Gasteiger partial charge >= 0.3 is 0 Å². The summed E-state index contributed by atoms with van der Waals surface area (Å²) in [7, 11) is 0. The number of fused-ring (bicyclic) bond motifs is 2. The first kappa shape index (κ1) is 16.2. The van der Waals surface area contributed by atoms with E-state index in [2.05, 4.69) is 41.5 Å². The van der Waals surface area contributed by atoms with Crippen molar-refractivity contribution in [2.45, 2.75) is 45.7 Å². The Labute approximate surface area is 154 Å². The first-order valence-electron chi connectivity index (χ1n) is 9.93. The number of aryl methyl sites for hydroxylation is 2. The maximum Gasteiger partial charge on any atom is 0.147 e. The molecule has 3 aliphatic heterocycles. The summed E-state index contributed by atoms with van der Waals surface area (Å²) in [5.74, 6) is 4.95. The third-order valence-electron chi connectivity index (χ3n) is 6.28. The van der Waals surface area contributed by atoms with Crippen LogP contribution in [0.4, 0.5) is 5.82 Å². The van der Waals surface area contributed by atoms with Gasteiger partial charge in [0.25, 0.3) is 0 Å². The molecule has 0 N–H and O–H groups in total. The number of anilines is 1. The molecular formula is C19H27N7. The molecule has 0 bridgehead atoms. The normalized spacial score (nSPS) is 26.0. The third-order valence-corrected chi connectivity index (χ3v) is 6.28. The van der Waals surface area contributed by atoms with Crippen LogP contribution in [0.15, 0.2) is 12.5 Å². The van der Waals surface area contributed by atoms with Crippen molar-refractivity contribution in [3.8, 4) is 0 Å². The van der Waals surface area contributed by atoms with E-state index in [4.69, 9.17) is 0 Å². The highest BCUT2D eigenvalue weighted by Crippen LogP contribution is 2.34. The quantitative estimate of drug-likeness (QED) is 0.836. The van der Waals surface area contributed by atoms with Crippen LogP contribution in [0.5, 0.6) is 0 Å². The van der Waals surface area contributed by atoms with E-state index in [-0.39, 0.29) is 0 Å². The van der Waals surface area contributed by atoms with Crippen molar-refractivity contribution in [1.82, 2.24) is 29.6 Å². The van der Waals surface area contributed by atoms with Crippen LogP contribution in [0, 0.1) is 18.8 Å². The van der Waals surface area contributed by atoms with Crippen molar-refractivity contribution >= 4 is 5.82 Å². The minimum atomic E-state index is 0.732. The molecule has 2 aromatic rings. The van der Waals surface area contributed by atoms with E-state index in [9.17, 15) is 0 Å². The van der Waals surface area contributed by atoms with Gasteiger partial charge in [-0.15, -0.1) is 10.2 Å². The molecule has 2 atom stereocenters. The zero-order valence-corrected chi connectivity index (χ0v) is 15.5. The average Bonchev–Trinajstić information content (AvgIpc) is 3.24. The van der Waals surface area contributed by atoms with Crippen LogP contribution >= 0.6 is 0 Å². The Morgan fingerprint density at radius 3 is 2.69 bits per heavy atom. The minimum Gasteiger partial charge on any atom is -0.356 e. The number of rotatable bonds is 3. The van der Waals surface area contributed by atoms with E-state index >= 15 is 0 Å². The Kier molecular flexibility index (Phi) is 4.11. The summed E-state index contributed by atoms with van der Waals surface area (Å²) in [6.45, 7) is 8.69. The number of likely N-dealkylation sites (tertiary alicyclic amines) is 1. The Morgan fingerprint density at radius 2 is 1.88 bits per heavy atom. The van der Waals surface area contributed by atoms with Crippen molar-refractivity contribution in [3.05, 3.63) is 29.7 Å². The Bertz CT molecular complexity index is 772. The second-order valence-electron chi connectivity index (χ2n) is 8.14. The largest absolute Gasteiger partial charge is 0.356 e. The Hall–Kier alpha value is -2.02. The summed E-state index contributed by atoms with van der Waals surface area (Å²) >= 11 is 0. The molecular weight excluding hydrogens is 326 g/mol. The topological polar surface area (TPSA) is 63.0 Å². The first-order chi connectivity index (χ1) is 12.8. The van der Waals surface area contributed by atoms with Crippen LogP contribution in [0.3, 0.4) is 0 Å². The Balaban J connectivity index is 1.24. The van der Waals surface area contributed by atoms with Crippen LogP contribution < -0.4 is 4.90 Å². The molecule has 5 heterocycles. The van der Waals surface area contributed by atoms with Gasteiger partial charge in [-0.2, -0.15) is 0 Å². The Morgan fingerprint density at radius 1 is 1.04 bits per heavy atom. The maximum atomic E-state index is 4.51. The molecule has 26 heavy (non-hydrogen) atoms. The van der Waals surface area contributed by atoms with Gasteiger partial charge in [-0.25, -0.2) is 9.97 Å². The van der Waals surface area contributed by atoms with E-state index in [1.54, 1.807) is 6.33 Å². The van der Waals surface area contributed by atoms with Gasteiger partial charge in [0.2, 0.25) is 0 Å². The summed E-state index contributed by atoms with van der Waals surface area (Å²) in [5.41, 5.74) is 1.18. The number of hydrogen-bond donors (Lipinski definition) is 0. The van der Waals surface area contributed by atoms with Gasteiger partial charge in [-0.3, -0.25) is 4.90 Å². The van der Waals surface area contributed by atoms with E-state index in [1.807, 2.05) is 6.20 Å². The van der Waals surface area contributed by atoms with Gasteiger partial charge in [-0.05, 0) is 31.6 Å². The maximum absolute atomic E-state index is 4.51. The van der Waals surface area contributed by atoms with Gasteiger partial charge in [0, 0.05) is 50.9 Å². The van der Waals surface area contributed by atoms with Crippen molar-refractivity contribution in [2.24, 2.45) is 11.8 Å². The molecule has 0 aromatic carbocycles. The molecule has 2 fully saturated rings. The lowest BCUT2D eigenvalue weighted by Gasteiger charge is -2.23. The molecule has 0 aliphatic carbocycles. The van der Waals surface area contributed by atoms with Crippen molar-refractivity contribution in [2.75, 3.05) is 31.1 Å². The van der Waals surface area contributed by atoms with Crippen molar-refractivity contribution in [1.29, 1.82) is 0 Å².